The molecule has 0 fully saturated rings. The van der Waals surface area contributed by atoms with Gasteiger partial charge in [-0.25, -0.2) is 0 Å². The van der Waals surface area contributed by atoms with E-state index in [4.69, 9.17) is 8.94 Å². The van der Waals surface area contributed by atoms with Crippen LogP contribution in [0.4, 0.5) is 0 Å². The fraction of sp³-hybridized carbons (Fsp3) is 0.188. The van der Waals surface area contributed by atoms with Gasteiger partial charge in [0.15, 0.2) is 5.82 Å². The van der Waals surface area contributed by atoms with Crippen molar-refractivity contribution in [2.45, 2.75) is 19.9 Å². The third kappa shape index (κ3) is 3.41. The number of nitrogens with zero attached hydrogens (tertiary/aromatic N) is 2. The van der Waals surface area contributed by atoms with Crippen molar-refractivity contribution in [1.82, 2.24) is 15.5 Å². The molecular formula is C16H15N3O3. The predicted molar refractivity (Wildman–Crippen MR) is 78.7 cm³/mol. The van der Waals surface area contributed by atoms with Crippen molar-refractivity contribution in [3.63, 3.8) is 0 Å². The Morgan fingerprint density at radius 2 is 2.05 bits per heavy atom. The Balaban J connectivity index is 1.59. The second-order valence-electron chi connectivity index (χ2n) is 4.91. The molecule has 0 saturated carbocycles. The molecule has 0 radical (unpaired) electrons. The Morgan fingerprint density at radius 3 is 2.77 bits per heavy atom. The molecule has 6 heteroatoms. The molecule has 0 bridgehead atoms. The molecular weight excluding hydrogens is 282 g/mol. The van der Waals surface area contributed by atoms with E-state index in [-0.39, 0.29) is 12.3 Å². The second kappa shape index (κ2) is 6.26. The van der Waals surface area contributed by atoms with Gasteiger partial charge in [-0.3, -0.25) is 4.79 Å². The molecule has 0 aliphatic heterocycles. The van der Waals surface area contributed by atoms with Gasteiger partial charge in [-0.05, 0) is 31.2 Å². The quantitative estimate of drug-likeness (QED) is 0.782. The predicted octanol–water partition coefficient (Wildman–Crippen LogP) is 2.50. The van der Waals surface area contributed by atoms with E-state index >= 15 is 0 Å². The van der Waals surface area contributed by atoms with Gasteiger partial charge in [-0.1, -0.05) is 22.9 Å². The monoisotopic (exact) mass is 297 g/mol. The molecule has 0 saturated heterocycles. The molecule has 0 unspecified atom stereocenters. The van der Waals surface area contributed by atoms with Crippen molar-refractivity contribution >= 4 is 5.91 Å². The fourth-order valence-corrected chi connectivity index (χ4v) is 1.94. The first kappa shape index (κ1) is 14.1. The van der Waals surface area contributed by atoms with Crippen LogP contribution in [-0.2, 0) is 17.8 Å². The van der Waals surface area contributed by atoms with Crippen molar-refractivity contribution < 1.29 is 13.7 Å². The van der Waals surface area contributed by atoms with Gasteiger partial charge in [-0.2, -0.15) is 4.98 Å². The van der Waals surface area contributed by atoms with Gasteiger partial charge in [0, 0.05) is 5.56 Å². The van der Waals surface area contributed by atoms with E-state index in [1.54, 1.807) is 18.4 Å². The zero-order valence-corrected chi connectivity index (χ0v) is 12.1. The molecule has 3 rings (SSSR count). The topological polar surface area (TPSA) is 81.2 Å². The number of nitrogens with one attached hydrogen (secondary N) is 1. The largest absolute Gasteiger partial charge is 0.467 e. The second-order valence-corrected chi connectivity index (χ2v) is 4.91. The maximum absolute atomic E-state index is 11.8. The minimum absolute atomic E-state index is 0.0655. The minimum Gasteiger partial charge on any atom is -0.467 e. The summed E-state index contributed by atoms with van der Waals surface area (Å²) in [5.41, 5.74) is 1.99. The summed E-state index contributed by atoms with van der Waals surface area (Å²) in [6.07, 6.45) is 1.63. The van der Waals surface area contributed by atoms with Crippen LogP contribution in [0.3, 0.4) is 0 Å². The normalized spacial score (nSPS) is 10.6. The molecule has 1 amide bonds. The number of rotatable bonds is 5. The average Bonchev–Trinajstić information content (AvgIpc) is 3.17. The van der Waals surface area contributed by atoms with Crippen LogP contribution < -0.4 is 5.32 Å². The summed E-state index contributed by atoms with van der Waals surface area (Å²) in [7, 11) is 0. The number of furan rings is 1. The molecule has 0 aliphatic rings. The average molecular weight is 297 g/mol. The van der Waals surface area contributed by atoms with Crippen LogP contribution in [0.15, 0.2) is 51.6 Å². The number of carbonyl (C=O) groups excluding carboxylic acids is 1. The first-order valence-corrected chi connectivity index (χ1v) is 6.89. The van der Waals surface area contributed by atoms with E-state index in [0.717, 1.165) is 11.1 Å². The first-order chi connectivity index (χ1) is 10.7. The lowest BCUT2D eigenvalue weighted by molar-refractivity contribution is -0.120. The van der Waals surface area contributed by atoms with Gasteiger partial charge in [-0.15, -0.1) is 0 Å². The Morgan fingerprint density at radius 1 is 1.23 bits per heavy atom. The van der Waals surface area contributed by atoms with Gasteiger partial charge >= 0.3 is 0 Å². The van der Waals surface area contributed by atoms with E-state index in [0.29, 0.717) is 24.0 Å². The maximum Gasteiger partial charge on any atom is 0.257 e. The van der Waals surface area contributed by atoms with Crippen molar-refractivity contribution in [2.75, 3.05) is 0 Å². The number of aromatic nitrogens is 2. The van der Waals surface area contributed by atoms with E-state index in [2.05, 4.69) is 15.5 Å². The lowest BCUT2D eigenvalue weighted by Crippen LogP contribution is -2.24. The highest BCUT2D eigenvalue weighted by Gasteiger charge is 2.12. The standard InChI is InChI=1S/C16H15N3O3/c1-11-4-6-12(7-5-11)16-18-14(19-22-16)9-15(20)17-10-13-3-2-8-21-13/h2-8H,9-10H2,1H3,(H,17,20). The van der Waals surface area contributed by atoms with Gasteiger partial charge < -0.3 is 14.3 Å². The molecule has 1 aromatic carbocycles. The van der Waals surface area contributed by atoms with Crippen molar-refractivity contribution in [1.29, 1.82) is 0 Å². The molecule has 2 heterocycles. The fourth-order valence-electron chi connectivity index (χ4n) is 1.94. The third-order valence-corrected chi connectivity index (χ3v) is 3.13. The maximum atomic E-state index is 11.8. The molecule has 3 aromatic rings. The molecule has 1 N–H and O–H groups in total. The number of benzene rings is 1. The number of amides is 1. The SMILES string of the molecule is Cc1ccc(-c2nc(CC(=O)NCc3ccco3)no2)cc1. The van der Waals surface area contributed by atoms with E-state index < -0.39 is 0 Å². The summed E-state index contributed by atoms with van der Waals surface area (Å²) < 4.78 is 10.3. The highest BCUT2D eigenvalue weighted by Crippen LogP contribution is 2.17. The van der Waals surface area contributed by atoms with Gasteiger partial charge in [0.25, 0.3) is 5.89 Å². The molecule has 22 heavy (non-hydrogen) atoms. The van der Waals surface area contributed by atoms with Crippen molar-refractivity contribution in [3.8, 4) is 11.5 Å². The van der Waals surface area contributed by atoms with E-state index in [9.17, 15) is 4.79 Å². The molecule has 0 aliphatic carbocycles. The summed E-state index contributed by atoms with van der Waals surface area (Å²) in [6, 6.07) is 11.3. The van der Waals surface area contributed by atoms with Crippen LogP contribution >= 0.6 is 0 Å². The molecule has 0 atom stereocenters. The van der Waals surface area contributed by atoms with Gasteiger partial charge in [0.1, 0.15) is 5.76 Å². The summed E-state index contributed by atoms with van der Waals surface area (Å²) in [6.45, 7) is 2.35. The van der Waals surface area contributed by atoms with Crippen molar-refractivity contribution in [3.05, 3.63) is 59.8 Å². The zero-order chi connectivity index (χ0) is 15.4. The van der Waals surface area contributed by atoms with Crippen LogP contribution in [0.25, 0.3) is 11.5 Å². The van der Waals surface area contributed by atoms with E-state index in [1.807, 2.05) is 31.2 Å². The lowest BCUT2D eigenvalue weighted by atomic mass is 10.1. The van der Waals surface area contributed by atoms with E-state index in [1.165, 1.54) is 0 Å². The van der Waals surface area contributed by atoms with Crippen LogP contribution in [0, 0.1) is 6.92 Å². The molecule has 2 aromatic heterocycles. The lowest BCUT2D eigenvalue weighted by Gasteiger charge is -2.00. The smallest absolute Gasteiger partial charge is 0.257 e. The Hall–Kier alpha value is -2.89. The Bertz CT molecular complexity index is 745. The summed E-state index contributed by atoms with van der Waals surface area (Å²) in [5.74, 6) is 1.27. The minimum atomic E-state index is -0.187. The Labute approximate surface area is 127 Å². The summed E-state index contributed by atoms with van der Waals surface area (Å²) in [4.78, 5) is 16.1. The van der Waals surface area contributed by atoms with Crippen LogP contribution in [0.5, 0.6) is 0 Å². The number of aryl methyl sites for hydroxylation is 1. The number of carbonyl (C=O) groups is 1. The molecule has 112 valence electrons. The molecule has 0 spiro atoms. The zero-order valence-electron chi connectivity index (χ0n) is 12.1. The highest BCUT2D eigenvalue weighted by molar-refractivity contribution is 5.77. The van der Waals surface area contributed by atoms with Gasteiger partial charge in [0.05, 0.1) is 19.2 Å². The van der Waals surface area contributed by atoms with Crippen LogP contribution in [-0.4, -0.2) is 16.0 Å². The van der Waals surface area contributed by atoms with Crippen molar-refractivity contribution in [2.24, 2.45) is 0 Å². The van der Waals surface area contributed by atoms with Gasteiger partial charge in [0.2, 0.25) is 5.91 Å². The highest BCUT2D eigenvalue weighted by atomic mass is 16.5. The molecule has 6 nitrogen and oxygen atoms in total. The van der Waals surface area contributed by atoms with Crippen LogP contribution in [0.1, 0.15) is 17.1 Å². The summed E-state index contributed by atoms with van der Waals surface area (Å²) >= 11 is 0. The Kier molecular flexibility index (Phi) is 4.00. The first-order valence-electron chi connectivity index (χ1n) is 6.89. The third-order valence-electron chi connectivity index (χ3n) is 3.13. The summed E-state index contributed by atoms with van der Waals surface area (Å²) in [5, 5.41) is 6.57. The number of hydrogen-bond donors (Lipinski definition) is 1. The number of hydrogen-bond acceptors (Lipinski definition) is 5. The van der Waals surface area contributed by atoms with Crippen LogP contribution in [0.2, 0.25) is 0 Å².